The van der Waals surface area contributed by atoms with Crippen molar-refractivity contribution in [2.24, 2.45) is 0 Å². The van der Waals surface area contributed by atoms with Crippen LogP contribution < -0.4 is 0 Å². The van der Waals surface area contributed by atoms with Crippen LogP contribution in [0, 0.1) is 0 Å². The predicted molar refractivity (Wildman–Crippen MR) is 69.4 cm³/mol. The molecule has 7 nitrogen and oxygen atoms in total. The first-order chi connectivity index (χ1) is 9.41. The molecule has 0 amide bonds. The van der Waals surface area contributed by atoms with Crippen LogP contribution in [-0.4, -0.2) is 37.1 Å². The number of hydrogen-bond donors (Lipinski definition) is 2. The van der Waals surface area contributed by atoms with Crippen molar-refractivity contribution in [2.45, 2.75) is 19.8 Å². The first-order valence-corrected chi connectivity index (χ1v) is 5.94. The van der Waals surface area contributed by atoms with Gasteiger partial charge in [0.2, 0.25) is 0 Å². The molecule has 1 aromatic heterocycles. The fourth-order valence-electron chi connectivity index (χ4n) is 1.90. The van der Waals surface area contributed by atoms with E-state index >= 15 is 0 Å². The molecule has 0 unspecified atom stereocenters. The molecule has 0 aliphatic carbocycles. The van der Waals surface area contributed by atoms with Crippen LogP contribution in [0.2, 0.25) is 0 Å². The number of carbonyl (C=O) groups is 2. The molecule has 0 atom stereocenters. The molecule has 1 heterocycles. The molecule has 0 radical (unpaired) electrons. The van der Waals surface area contributed by atoms with Crippen LogP contribution in [-0.2, 0) is 0 Å². The van der Waals surface area contributed by atoms with Crippen LogP contribution in [0.25, 0.3) is 5.69 Å². The van der Waals surface area contributed by atoms with E-state index in [0.717, 1.165) is 0 Å². The Morgan fingerprint density at radius 1 is 1.10 bits per heavy atom. The summed E-state index contributed by atoms with van der Waals surface area (Å²) < 4.78 is 1.42. The molecule has 0 saturated heterocycles. The number of rotatable bonds is 4. The van der Waals surface area contributed by atoms with Crippen molar-refractivity contribution < 1.29 is 19.8 Å². The average molecular weight is 275 g/mol. The van der Waals surface area contributed by atoms with Crippen LogP contribution in [0.15, 0.2) is 24.3 Å². The highest BCUT2D eigenvalue weighted by molar-refractivity contribution is 5.88. The molecular formula is C13H13N3O4. The maximum Gasteiger partial charge on any atom is 0.358 e. The Bertz CT molecular complexity index is 659. The number of aromatic nitrogens is 3. The van der Waals surface area contributed by atoms with E-state index in [1.807, 2.05) is 13.8 Å². The molecule has 0 saturated carbocycles. The minimum atomic E-state index is -1.14. The molecular weight excluding hydrogens is 262 g/mol. The van der Waals surface area contributed by atoms with Gasteiger partial charge in [-0.15, -0.1) is 5.10 Å². The van der Waals surface area contributed by atoms with Gasteiger partial charge < -0.3 is 10.2 Å². The molecule has 0 bridgehead atoms. The molecule has 20 heavy (non-hydrogen) atoms. The quantitative estimate of drug-likeness (QED) is 0.881. The minimum Gasteiger partial charge on any atom is -0.478 e. The van der Waals surface area contributed by atoms with Crippen molar-refractivity contribution in [1.82, 2.24) is 15.0 Å². The highest BCUT2D eigenvalue weighted by Crippen LogP contribution is 2.21. The first-order valence-electron chi connectivity index (χ1n) is 5.94. The Morgan fingerprint density at radius 2 is 1.70 bits per heavy atom. The third kappa shape index (κ3) is 2.37. The summed E-state index contributed by atoms with van der Waals surface area (Å²) in [4.78, 5) is 21.9. The van der Waals surface area contributed by atoms with Crippen molar-refractivity contribution in [3.8, 4) is 5.69 Å². The summed E-state index contributed by atoms with van der Waals surface area (Å²) in [5.74, 6) is -2.25. The van der Waals surface area contributed by atoms with E-state index in [-0.39, 0.29) is 17.2 Å². The second kappa shape index (κ2) is 5.12. The van der Waals surface area contributed by atoms with Gasteiger partial charge in [-0.1, -0.05) is 19.1 Å². The van der Waals surface area contributed by atoms with Gasteiger partial charge >= 0.3 is 11.9 Å². The van der Waals surface area contributed by atoms with Crippen LogP contribution in [0.4, 0.5) is 0 Å². The normalized spacial score (nSPS) is 10.8. The second-order valence-corrected chi connectivity index (χ2v) is 4.55. The second-order valence-electron chi connectivity index (χ2n) is 4.55. The lowest BCUT2D eigenvalue weighted by molar-refractivity contribution is 0.0681. The van der Waals surface area contributed by atoms with Crippen molar-refractivity contribution in [1.29, 1.82) is 0 Å². The van der Waals surface area contributed by atoms with Gasteiger partial charge in [0.1, 0.15) is 0 Å². The highest BCUT2D eigenvalue weighted by Gasteiger charge is 2.22. The fraction of sp³-hybridized carbons (Fsp3) is 0.231. The Balaban J connectivity index is 2.52. The van der Waals surface area contributed by atoms with E-state index in [4.69, 9.17) is 10.2 Å². The lowest BCUT2D eigenvalue weighted by Crippen LogP contribution is -2.08. The summed E-state index contributed by atoms with van der Waals surface area (Å²) in [5.41, 5.74) is 1.10. The Kier molecular flexibility index (Phi) is 3.51. The molecule has 1 aromatic carbocycles. The van der Waals surface area contributed by atoms with Gasteiger partial charge in [-0.2, -0.15) is 0 Å². The van der Waals surface area contributed by atoms with Gasteiger partial charge in [0.05, 0.1) is 16.9 Å². The monoisotopic (exact) mass is 275 g/mol. The minimum absolute atomic E-state index is 0.0877. The number of hydrogen-bond acceptors (Lipinski definition) is 4. The van der Waals surface area contributed by atoms with E-state index in [1.165, 1.54) is 16.8 Å². The SMILES string of the molecule is CC(C)c1c(C(=O)O)nnn1-c1ccc(C(=O)O)cc1. The molecule has 0 fully saturated rings. The average Bonchev–Trinajstić information content (AvgIpc) is 2.83. The smallest absolute Gasteiger partial charge is 0.358 e. The Hall–Kier alpha value is -2.70. The maximum atomic E-state index is 11.1. The van der Waals surface area contributed by atoms with Gasteiger partial charge in [0.15, 0.2) is 5.69 Å². The number of aromatic carboxylic acids is 2. The molecule has 2 rings (SSSR count). The number of carboxylic acids is 2. The molecule has 0 aliphatic heterocycles. The number of benzene rings is 1. The summed E-state index contributed by atoms with van der Waals surface area (Å²) in [7, 11) is 0. The van der Waals surface area contributed by atoms with E-state index in [2.05, 4.69) is 10.3 Å². The zero-order valence-electron chi connectivity index (χ0n) is 10.9. The lowest BCUT2D eigenvalue weighted by atomic mass is 10.1. The van der Waals surface area contributed by atoms with Crippen molar-refractivity contribution >= 4 is 11.9 Å². The molecule has 0 spiro atoms. The maximum absolute atomic E-state index is 11.1. The van der Waals surface area contributed by atoms with Crippen LogP contribution in [0.5, 0.6) is 0 Å². The molecule has 2 aromatic rings. The standard InChI is InChI=1S/C13H13N3O4/c1-7(2)11-10(13(19)20)14-15-16(11)9-5-3-8(4-6-9)12(17)18/h3-7H,1-2H3,(H,17,18)(H,19,20). The van der Waals surface area contributed by atoms with Crippen molar-refractivity contribution in [3.63, 3.8) is 0 Å². The van der Waals surface area contributed by atoms with E-state index in [0.29, 0.717) is 11.4 Å². The number of carboxylic acid groups (broad SMARTS) is 2. The summed E-state index contributed by atoms with van der Waals surface area (Å²) in [6.07, 6.45) is 0. The lowest BCUT2D eigenvalue weighted by Gasteiger charge is -2.09. The van der Waals surface area contributed by atoms with Gasteiger partial charge in [0, 0.05) is 0 Å². The molecule has 2 N–H and O–H groups in total. The van der Waals surface area contributed by atoms with E-state index in [1.54, 1.807) is 12.1 Å². The zero-order valence-corrected chi connectivity index (χ0v) is 10.9. The highest BCUT2D eigenvalue weighted by atomic mass is 16.4. The Morgan fingerprint density at radius 3 is 2.15 bits per heavy atom. The third-order valence-corrected chi connectivity index (χ3v) is 2.81. The molecule has 104 valence electrons. The van der Waals surface area contributed by atoms with Gasteiger partial charge in [-0.3, -0.25) is 0 Å². The van der Waals surface area contributed by atoms with Crippen LogP contribution >= 0.6 is 0 Å². The van der Waals surface area contributed by atoms with Gasteiger partial charge in [-0.05, 0) is 30.2 Å². The largest absolute Gasteiger partial charge is 0.478 e. The first kappa shape index (κ1) is 13.7. The summed E-state index contributed by atoms with van der Waals surface area (Å²) in [6.45, 7) is 3.68. The van der Waals surface area contributed by atoms with E-state index < -0.39 is 11.9 Å². The van der Waals surface area contributed by atoms with Crippen LogP contribution in [0.3, 0.4) is 0 Å². The fourth-order valence-corrected chi connectivity index (χ4v) is 1.90. The third-order valence-electron chi connectivity index (χ3n) is 2.81. The summed E-state index contributed by atoms with van der Waals surface area (Å²) in [5, 5.41) is 25.5. The number of nitrogens with zero attached hydrogens (tertiary/aromatic N) is 3. The van der Waals surface area contributed by atoms with Crippen LogP contribution in [0.1, 0.15) is 46.3 Å². The van der Waals surface area contributed by atoms with Crippen molar-refractivity contribution in [3.05, 3.63) is 41.2 Å². The summed E-state index contributed by atoms with van der Waals surface area (Å²) >= 11 is 0. The predicted octanol–water partition coefficient (Wildman–Crippen LogP) is 1.79. The Labute approximate surface area is 114 Å². The molecule has 0 aliphatic rings. The van der Waals surface area contributed by atoms with Crippen molar-refractivity contribution in [2.75, 3.05) is 0 Å². The van der Waals surface area contributed by atoms with Gasteiger partial charge in [0.25, 0.3) is 0 Å². The zero-order chi connectivity index (χ0) is 14.9. The van der Waals surface area contributed by atoms with E-state index in [9.17, 15) is 9.59 Å². The summed E-state index contributed by atoms with van der Waals surface area (Å²) in [6, 6.07) is 6.00. The van der Waals surface area contributed by atoms with Gasteiger partial charge in [-0.25, -0.2) is 14.3 Å². The molecule has 7 heteroatoms. The topological polar surface area (TPSA) is 105 Å².